The van der Waals surface area contributed by atoms with Gasteiger partial charge in [0.2, 0.25) is 5.91 Å². The fourth-order valence-corrected chi connectivity index (χ4v) is 4.67. The molecule has 4 heterocycles. The Bertz CT molecular complexity index is 872. The molecule has 0 unspecified atom stereocenters. The van der Waals surface area contributed by atoms with E-state index in [2.05, 4.69) is 4.98 Å². The van der Waals surface area contributed by atoms with Crippen molar-refractivity contribution in [3.8, 4) is 0 Å². The van der Waals surface area contributed by atoms with E-state index in [1.165, 1.54) is 0 Å². The van der Waals surface area contributed by atoms with Gasteiger partial charge in [-0.25, -0.2) is 0 Å². The normalized spacial score (nSPS) is 19.3. The second-order valence-electron chi connectivity index (χ2n) is 8.02. The maximum atomic E-state index is 12.8. The van der Waals surface area contributed by atoms with Crippen molar-refractivity contribution < 1.29 is 9.59 Å². The predicted molar refractivity (Wildman–Crippen MR) is 107 cm³/mol. The summed E-state index contributed by atoms with van der Waals surface area (Å²) in [5, 5.41) is 0.579. The van der Waals surface area contributed by atoms with E-state index in [-0.39, 0.29) is 17.2 Å². The van der Waals surface area contributed by atoms with Crippen molar-refractivity contribution in [3.63, 3.8) is 0 Å². The van der Waals surface area contributed by atoms with Gasteiger partial charge < -0.3 is 14.4 Å². The summed E-state index contributed by atoms with van der Waals surface area (Å²) in [6, 6.07) is 7.52. The lowest BCUT2D eigenvalue weighted by Gasteiger charge is -2.47. The number of carbonyl (C=O) groups is 2. The van der Waals surface area contributed by atoms with Gasteiger partial charge in [-0.15, -0.1) is 0 Å². The van der Waals surface area contributed by atoms with Crippen molar-refractivity contribution in [2.75, 3.05) is 19.6 Å². The highest BCUT2D eigenvalue weighted by Gasteiger charge is 2.42. The van der Waals surface area contributed by atoms with Gasteiger partial charge in [0.1, 0.15) is 5.69 Å². The van der Waals surface area contributed by atoms with Crippen LogP contribution in [-0.4, -0.2) is 50.8 Å². The van der Waals surface area contributed by atoms with Crippen LogP contribution < -0.4 is 0 Å². The monoisotopic (exact) mass is 400 g/mol. The second kappa shape index (κ2) is 7.59. The lowest BCUT2D eigenvalue weighted by atomic mass is 9.72. The number of hydrogen-bond donors (Lipinski definition) is 0. The first-order chi connectivity index (χ1) is 13.5. The molecule has 0 aliphatic carbocycles. The van der Waals surface area contributed by atoms with Crippen molar-refractivity contribution in [1.82, 2.24) is 19.4 Å². The Hall–Kier alpha value is -2.34. The molecule has 6 nitrogen and oxygen atoms in total. The summed E-state index contributed by atoms with van der Waals surface area (Å²) in [6.07, 6.45) is 6.84. The van der Waals surface area contributed by atoms with E-state index in [0.29, 0.717) is 36.8 Å². The van der Waals surface area contributed by atoms with Gasteiger partial charge in [-0.3, -0.25) is 14.6 Å². The van der Waals surface area contributed by atoms with E-state index >= 15 is 0 Å². The molecule has 28 heavy (non-hydrogen) atoms. The number of pyridine rings is 1. The molecule has 148 valence electrons. The molecule has 2 aromatic rings. The van der Waals surface area contributed by atoms with Gasteiger partial charge in [0.05, 0.1) is 17.3 Å². The number of aromatic nitrogens is 2. The van der Waals surface area contributed by atoms with E-state index in [1.54, 1.807) is 23.0 Å². The van der Waals surface area contributed by atoms with Crippen LogP contribution in [0.2, 0.25) is 5.02 Å². The molecule has 0 N–H and O–H groups in total. The maximum Gasteiger partial charge on any atom is 0.270 e. The lowest BCUT2D eigenvalue weighted by Crippen LogP contribution is -2.52. The smallest absolute Gasteiger partial charge is 0.270 e. The van der Waals surface area contributed by atoms with Crippen LogP contribution in [0.1, 0.15) is 41.9 Å². The third-order valence-corrected chi connectivity index (χ3v) is 6.34. The number of rotatable bonds is 3. The quantitative estimate of drug-likeness (QED) is 0.795. The molecule has 4 rings (SSSR count). The summed E-state index contributed by atoms with van der Waals surface area (Å²) in [6.45, 7) is 2.74. The zero-order valence-electron chi connectivity index (χ0n) is 16.1. The highest BCUT2D eigenvalue weighted by molar-refractivity contribution is 6.31. The van der Waals surface area contributed by atoms with E-state index in [0.717, 1.165) is 31.5 Å². The number of amides is 2. The molecule has 2 amide bonds. The molecule has 7 heteroatoms. The standard InChI is InChI=1S/C21H25ClN4O2/c1-24-13-16(22)12-18(24)20(28)25-10-7-21(8-11-25)6-5-19(27)26(15-21)14-17-4-2-3-9-23-17/h2-4,9,12-13H,5-8,10-11,14-15H2,1H3. The van der Waals surface area contributed by atoms with Gasteiger partial charge >= 0.3 is 0 Å². The van der Waals surface area contributed by atoms with Crippen LogP contribution in [0.3, 0.4) is 0 Å². The van der Waals surface area contributed by atoms with E-state index in [4.69, 9.17) is 11.6 Å². The molecule has 0 atom stereocenters. The first kappa shape index (κ1) is 19.0. The molecule has 0 radical (unpaired) electrons. The number of carbonyl (C=O) groups excluding carboxylic acids is 2. The average molecular weight is 401 g/mol. The van der Waals surface area contributed by atoms with Crippen molar-refractivity contribution in [1.29, 1.82) is 0 Å². The first-order valence-electron chi connectivity index (χ1n) is 9.75. The van der Waals surface area contributed by atoms with Crippen LogP contribution in [-0.2, 0) is 18.4 Å². The number of halogens is 1. The number of nitrogens with zero attached hydrogens (tertiary/aromatic N) is 4. The Balaban J connectivity index is 1.41. The fourth-order valence-electron chi connectivity index (χ4n) is 4.42. The molecular weight excluding hydrogens is 376 g/mol. The molecule has 2 aromatic heterocycles. The molecule has 2 aliphatic heterocycles. The average Bonchev–Trinajstić information content (AvgIpc) is 3.04. The number of aryl methyl sites for hydroxylation is 1. The minimum absolute atomic E-state index is 0.0291. The Morgan fingerprint density at radius 3 is 2.68 bits per heavy atom. The summed E-state index contributed by atoms with van der Waals surface area (Å²) in [4.78, 5) is 33.5. The zero-order chi connectivity index (χ0) is 19.7. The molecule has 2 saturated heterocycles. The zero-order valence-corrected chi connectivity index (χ0v) is 16.9. The number of hydrogen-bond acceptors (Lipinski definition) is 3. The van der Waals surface area contributed by atoms with Crippen LogP contribution in [0.15, 0.2) is 36.7 Å². The molecule has 2 aliphatic rings. The Labute approximate surface area is 170 Å². The van der Waals surface area contributed by atoms with Crippen molar-refractivity contribution in [3.05, 3.63) is 53.1 Å². The first-order valence-corrected chi connectivity index (χ1v) is 10.1. The fraction of sp³-hybridized carbons (Fsp3) is 0.476. The van der Waals surface area contributed by atoms with Crippen molar-refractivity contribution in [2.24, 2.45) is 12.5 Å². The summed E-state index contributed by atoms with van der Waals surface area (Å²) in [5.74, 6) is 0.231. The van der Waals surface area contributed by atoms with Gasteiger partial charge in [0.25, 0.3) is 5.91 Å². The number of piperidine rings is 2. The third-order valence-electron chi connectivity index (χ3n) is 6.13. The van der Waals surface area contributed by atoms with Crippen LogP contribution in [0.4, 0.5) is 0 Å². The topological polar surface area (TPSA) is 58.4 Å². The van der Waals surface area contributed by atoms with Gasteiger partial charge in [-0.2, -0.15) is 0 Å². The molecule has 0 aromatic carbocycles. The van der Waals surface area contributed by atoms with Crippen LogP contribution in [0.25, 0.3) is 0 Å². The molecule has 2 fully saturated rings. The van der Waals surface area contributed by atoms with Gasteiger partial charge in [-0.1, -0.05) is 17.7 Å². The highest BCUT2D eigenvalue weighted by atomic mass is 35.5. The molecule has 0 saturated carbocycles. The predicted octanol–water partition coefficient (Wildman–Crippen LogP) is 3.12. The Morgan fingerprint density at radius 2 is 2.04 bits per heavy atom. The van der Waals surface area contributed by atoms with Crippen molar-refractivity contribution >= 4 is 23.4 Å². The van der Waals surface area contributed by atoms with Gasteiger partial charge in [0, 0.05) is 45.5 Å². The van der Waals surface area contributed by atoms with E-state index in [1.807, 2.05) is 35.0 Å². The third kappa shape index (κ3) is 3.78. The van der Waals surface area contributed by atoms with Crippen LogP contribution in [0, 0.1) is 5.41 Å². The summed E-state index contributed by atoms with van der Waals surface area (Å²) in [5.41, 5.74) is 1.64. The highest BCUT2D eigenvalue weighted by Crippen LogP contribution is 2.40. The minimum atomic E-state index is 0.0291. The minimum Gasteiger partial charge on any atom is -0.345 e. The lowest BCUT2D eigenvalue weighted by molar-refractivity contribution is -0.139. The summed E-state index contributed by atoms with van der Waals surface area (Å²) in [7, 11) is 1.84. The summed E-state index contributed by atoms with van der Waals surface area (Å²) >= 11 is 6.03. The van der Waals surface area contributed by atoms with Gasteiger partial charge in [-0.05, 0) is 42.9 Å². The van der Waals surface area contributed by atoms with E-state index < -0.39 is 0 Å². The van der Waals surface area contributed by atoms with Crippen molar-refractivity contribution in [2.45, 2.75) is 32.2 Å². The Morgan fingerprint density at radius 1 is 1.25 bits per heavy atom. The molecule has 0 bridgehead atoms. The van der Waals surface area contributed by atoms with Gasteiger partial charge in [0.15, 0.2) is 0 Å². The number of likely N-dealkylation sites (tertiary alicyclic amines) is 2. The maximum absolute atomic E-state index is 12.8. The SMILES string of the molecule is Cn1cc(Cl)cc1C(=O)N1CCC2(CCC(=O)N(Cc3ccccn3)C2)CC1. The molecular formula is C21H25ClN4O2. The Kier molecular flexibility index (Phi) is 5.15. The molecule has 1 spiro atoms. The summed E-state index contributed by atoms with van der Waals surface area (Å²) < 4.78 is 1.78. The largest absolute Gasteiger partial charge is 0.345 e. The van der Waals surface area contributed by atoms with Crippen LogP contribution in [0.5, 0.6) is 0 Å². The second-order valence-corrected chi connectivity index (χ2v) is 8.45. The van der Waals surface area contributed by atoms with Crippen LogP contribution >= 0.6 is 11.6 Å². The van der Waals surface area contributed by atoms with E-state index in [9.17, 15) is 9.59 Å².